The molecule has 0 aromatic heterocycles. The molecule has 0 heterocycles. The molecule has 0 aliphatic carbocycles. The molecule has 0 fully saturated rings. The van der Waals surface area contributed by atoms with Crippen molar-refractivity contribution in [1.29, 1.82) is 0 Å². The van der Waals surface area contributed by atoms with E-state index in [-0.39, 0.29) is 13.2 Å². The highest BCUT2D eigenvalue weighted by atomic mass is 32.3. The predicted octanol–water partition coefficient (Wildman–Crippen LogP) is 0.992. The van der Waals surface area contributed by atoms with Crippen LogP contribution in [0.5, 0.6) is 0 Å². The standard InChI is InChI=1S/C8H20O3S.C4H10O3/c1-7(2,3)11-12(9,10)8(4,5)6;5-1-3-7-4-2-6/h12H,1-6H3,(H,9,10);5-6H,1-4H2. The van der Waals surface area contributed by atoms with Crippen molar-refractivity contribution in [2.24, 2.45) is 0 Å². The van der Waals surface area contributed by atoms with Gasteiger partial charge < -0.3 is 19.5 Å². The molecule has 3 N–H and O–H groups in total. The number of ether oxygens (including phenoxy) is 1. The van der Waals surface area contributed by atoms with Crippen LogP contribution in [0, 0.1) is 0 Å². The molecule has 0 atom stereocenters. The van der Waals surface area contributed by atoms with E-state index in [1.807, 2.05) is 0 Å². The summed E-state index contributed by atoms with van der Waals surface area (Å²) in [5.74, 6) is 0. The molecule has 0 bridgehead atoms. The Morgan fingerprint density at radius 3 is 1.47 bits per heavy atom. The number of aliphatic hydroxyl groups excluding tert-OH is 2. The lowest BCUT2D eigenvalue weighted by Gasteiger charge is -2.36. The fraction of sp³-hybridized carbons (Fsp3) is 1.00. The first-order valence-electron chi connectivity index (χ1n) is 6.20. The second-order valence-corrected chi connectivity index (χ2v) is 8.52. The van der Waals surface area contributed by atoms with Gasteiger partial charge in [0.15, 0.2) is 0 Å². The summed E-state index contributed by atoms with van der Waals surface area (Å²) >= 11 is 0. The monoisotopic (exact) mass is 302 g/mol. The molecule has 0 spiro atoms. The number of hydrogen-bond donors (Lipinski definition) is 4. The topological polar surface area (TPSA) is 96.2 Å². The van der Waals surface area contributed by atoms with Gasteiger partial charge in [-0.3, -0.25) is 4.18 Å². The minimum absolute atomic E-state index is 0.0278. The van der Waals surface area contributed by atoms with Crippen molar-refractivity contribution in [1.82, 2.24) is 0 Å². The summed E-state index contributed by atoms with van der Waals surface area (Å²) in [6.45, 7) is 11.1. The van der Waals surface area contributed by atoms with E-state index in [2.05, 4.69) is 4.74 Å². The number of thiol groups is 1. The van der Waals surface area contributed by atoms with Crippen molar-refractivity contribution in [3.8, 4) is 0 Å². The van der Waals surface area contributed by atoms with Crippen molar-refractivity contribution < 1.29 is 27.9 Å². The van der Waals surface area contributed by atoms with Gasteiger partial charge in [-0.05, 0) is 41.5 Å². The molecule has 7 heteroatoms. The maximum atomic E-state index is 11.6. The molecule has 19 heavy (non-hydrogen) atoms. The molecule has 0 aromatic carbocycles. The maximum absolute atomic E-state index is 11.6. The third-order valence-electron chi connectivity index (χ3n) is 1.72. The minimum atomic E-state index is -3.50. The van der Waals surface area contributed by atoms with Crippen LogP contribution in [0.25, 0.3) is 0 Å². The van der Waals surface area contributed by atoms with Crippen LogP contribution in [0.3, 0.4) is 0 Å². The van der Waals surface area contributed by atoms with Gasteiger partial charge in [0.1, 0.15) is 0 Å². The zero-order valence-corrected chi connectivity index (χ0v) is 13.7. The lowest BCUT2D eigenvalue weighted by atomic mass is 10.2. The van der Waals surface area contributed by atoms with Gasteiger partial charge in [0.05, 0.1) is 47.3 Å². The molecule has 0 unspecified atom stereocenters. The number of hydrogen-bond acceptors (Lipinski definition) is 5. The van der Waals surface area contributed by atoms with Crippen molar-refractivity contribution in [2.75, 3.05) is 26.4 Å². The van der Waals surface area contributed by atoms with Gasteiger partial charge in [0, 0.05) is 0 Å². The van der Waals surface area contributed by atoms with Crippen molar-refractivity contribution in [3.05, 3.63) is 0 Å². The highest BCUT2D eigenvalue weighted by Gasteiger charge is 2.32. The zero-order chi connectivity index (χ0) is 15.7. The summed E-state index contributed by atoms with van der Waals surface area (Å²) in [6, 6.07) is 0. The Hall–Kier alpha value is -0.0500. The molecule has 0 radical (unpaired) electrons. The maximum Gasteiger partial charge on any atom is 0.0808 e. The summed E-state index contributed by atoms with van der Waals surface area (Å²) in [7, 11) is -3.50. The van der Waals surface area contributed by atoms with Gasteiger partial charge in [0.2, 0.25) is 0 Å². The first-order valence-corrected chi connectivity index (χ1v) is 7.78. The Morgan fingerprint density at radius 1 is 0.947 bits per heavy atom. The van der Waals surface area contributed by atoms with Crippen LogP contribution in [-0.4, -0.2) is 55.8 Å². The Bertz CT molecular complexity index is 262. The summed E-state index contributed by atoms with van der Waals surface area (Å²) in [5.41, 5.74) is -0.572. The molecule has 0 aromatic rings. The van der Waals surface area contributed by atoms with Gasteiger partial charge in [-0.1, -0.05) is 0 Å². The van der Waals surface area contributed by atoms with Crippen molar-refractivity contribution >= 4 is 10.5 Å². The smallest absolute Gasteiger partial charge is 0.0808 e. The van der Waals surface area contributed by atoms with Crippen molar-refractivity contribution in [2.45, 2.75) is 51.9 Å². The number of aliphatic hydroxyl groups is 2. The van der Waals surface area contributed by atoms with Gasteiger partial charge >= 0.3 is 0 Å². The SMILES string of the molecule is CC(C)(C)O[SH](=O)(O)C(C)(C)C.OCCOCCO. The third kappa shape index (κ3) is 12.7. The first-order chi connectivity index (χ1) is 8.37. The van der Waals surface area contributed by atoms with Crippen LogP contribution in [0.4, 0.5) is 0 Å². The first kappa shape index (κ1) is 21.3. The fourth-order valence-corrected chi connectivity index (χ4v) is 1.76. The molecule has 0 aliphatic rings. The van der Waals surface area contributed by atoms with Crippen LogP contribution in [0.1, 0.15) is 41.5 Å². The van der Waals surface area contributed by atoms with Crippen molar-refractivity contribution in [3.63, 3.8) is 0 Å². The van der Waals surface area contributed by atoms with Crippen LogP contribution in [0.15, 0.2) is 0 Å². The third-order valence-corrected chi connectivity index (χ3v) is 4.21. The van der Waals surface area contributed by atoms with E-state index in [1.165, 1.54) is 0 Å². The van der Waals surface area contributed by atoms with E-state index in [1.54, 1.807) is 41.5 Å². The second kappa shape index (κ2) is 8.99. The molecule has 120 valence electrons. The van der Waals surface area contributed by atoms with E-state index >= 15 is 0 Å². The summed E-state index contributed by atoms with van der Waals surface area (Å²) in [5, 5.41) is 16.2. The van der Waals surface area contributed by atoms with E-state index in [0.29, 0.717) is 13.2 Å². The predicted molar refractivity (Wildman–Crippen MR) is 77.7 cm³/mol. The molecular weight excluding hydrogens is 272 g/mol. The lowest BCUT2D eigenvalue weighted by molar-refractivity contribution is 0.0650. The average Bonchev–Trinajstić information content (AvgIpc) is 2.14. The Kier molecular flexibility index (Phi) is 10.1. The van der Waals surface area contributed by atoms with Gasteiger partial charge in [-0.15, -0.1) is 0 Å². The molecule has 0 saturated carbocycles. The zero-order valence-electron chi connectivity index (χ0n) is 12.8. The molecule has 0 rings (SSSR count). The Labute approximate surface area is 117 Å². The molecule has 0 amide bonds. The summed E-state index contributed by atoms with van der Waals surface area (Å²) in [6.07, 6.45) is 0. The molecule has 6 nitrogen and oxygen atoms in total. The highest BCUT2D eigenvalue weighted by molar-refractivity contribution is 7.94. The minimum Gasteiger partial charge on any atom is -0.394 e. The fourth-order valence-electron chi connectivity index (χ4n) is 0.739. The molecule has 0 aliphatic heterocycles. The molecule has 0 saturated heterocycles. The van der Waals surface area contributed by atoms with E-state index in [0.717, 1.165) is 0 Å². The van der Waals surface area contributed by atoms with E-state index in [4.69, 9.17) is 14.4 Å². The van der Waals surface area contributed by atoms with E-state index in [9.17, 15) is 8.76 Å². The van der Waals surface area contributed by atoms with Crippen LogP contribution < -0.4 is 0 Å². The Balaban J connectivity index is 0. The summed E-state index contributed by atoms with van der Waals surface area (Å²) in [4.78, 5) is 0. The normalized spacial score (nSPS) is 13.7. The quantitative estimate of drug-likeness (QED) is 0.447. The Morgan fingerprint density at radius 2 is 1.32 bits per heavy atom. The lowest BCUT2D eigenvalue weighted by Crippen LogP contribution is -2.41. The van der Waals surface area contributed by atoms with Crippen LogP contribution >= 0.6 is 0 Å². The van der Waals surface area contributed by atoms with Gasteiger partial charge in [-0.2, -0.15) is 0 Å². The van der Waals surface area contributed by atoms with Gasteiger partial charge in [0.25, 0.3) is 0 Å². The van der Waals surface area contributed by atoms with E-state index < -0.39 is 20.8 Å². The van der Waals surface area contributed by atoms with Crippen LogP contribution in [0.2, 0.25) is 0 Å². The highest BCUT2D eigenvalue weighted by Crippen LogP contribution is 2.27. The average molecular weight is 302 g/mol. The largest absolute Gasteiger partial charge is 0.394 e. The number of rotatable bonds is 5. The second-order valence-electron chi connectivity index (χ2n) is 5.95. The van der Waals surface area contributed by atoms with Gasteiger partial charge in [-0.25, -0.2) is 4.21 Å². The summed E-state index contributed by atoms with van der Waals surface area (Å²) < 4.78 is 30.1. The molecular formula is C12H30O6S. The van der Waals surface area contributed by atoms with Crippen LogP contribution in [-0.2, 0) is 19.4 Å².